The van der Waals surface area contributed by atoms with Crippen molar-refractivity contribution in [3.8, 4) is 0 Å². The van der Waals surface area contributed by atoms with Crippen molar-refractivity contribution >= 4 is 18.3 Å². The molecule has 9 heteroatoms. The van der Waals surface area contributed by atoms with Crippen LogP contribution in [0.3, 0.4) is 0 Å². The molecule has 5 nitrogen and oxygen atoms in total. The van der Waals surface area contributed by atoms with Crippen LogP contribution in [0.25, 0.3) is 0 Å². The fraction of sp³-hybridized carbons (Fsp3) is 0.444. The second-order valence-corrected chi connectivity index (χ2v) is 6.50. The van der Waals surface area contributed by atoms with Crippen molar-refractivity contribution in [2.75, 3.05) is 13.1 Å². The fourth-order valence-electron chi connectivity index (χ4n) is 3.06. The number of halogens is 4. The van der Waals surface area contributed by atoms with Gasteiger partial charge in [0.2, 0.25) is 0 Å². The first-order valence-electron chi connectivity index (χ1n) is 8.58. The molecule has 1 saturated heterocycles. The predicted molar refractivity (Wildman–Crippen MR) is 97.9 cm³/mol. The largest absolute Gasteiger partial charge is 0.416 e. The van der Waals surface area contributed by atoms with Crippen LogP contribution in [0.5, 0.6) is 0 Å². The van der Waals surface area contributed by atoms with Gasteiger partial charge in [-0.15, -0.1) is 12.4 Å². The molecule has 148 valence electrons. The number of hydrogen-bond acceptors (Lipinski definition) is 3. The second-order valence-electron chi connectivity index (χ2n) is 6.50. The van der Waals surface area contributed by atoms with E-state index in [4.69, 9.17) is 0 Å². The number of rotatable bonds is 4. The van der Waals surface area contributed by atoms with Crippen molar-refractivity contribution in [2.45, 2.75) is 38.0 Å². The van der Waals surface area contributed by atoms with Crippen LogP contribution in [0.1, 0.15) is 53.5 Å². The summed E-state index contributed by atoms with van der Waals surface area (Å²) in [4.78, 5) is 12.4. The summed E-state index contributed by atoms with van der Waals surface area (Å²) in [5, 5.41) is 10.3. The van der Waals surface area contributed by atoms with E-state index in [0.717, 1.165) is 38.1 Å². The van der Waals surface area contributed by atoms with Gasteiger partial charge in [0.1, 0.15) is 5.69 Å². The summed E-state index contributed by atoms with van der Waals surface area (Å²) in [7, 11) is 0. The van der Waals surface area contributed by atoms with E-state index in [2.05, 4.69) is 15.7 Å². The number of nitrogens with zero attached hydrogens (tertiary/aromatic N) is 2. The van der Waals surface area contributed by atoms with Gasteiger partial charge in [0.25, 0.3) is 5.91 Å². The lowest BCUT2D eigenvalue weighted by Gasteiger charge is -2.22. The molecule has 2 atom stereocenters. The maximum Gasteiger partial charge on any atom is 0.416 e. The number of amides is 1. The van der Waals surface area contributed by atoms with E-state index in [-0.39, 0.29) is 24.1 Å². The molecule has 27 heavy (non-hydrogen) atoms. The highest BCUT2D eigenvalue weighted by Gasteiger charge is 2.30. The van der Waals surface area contributed by atoms with Gasteiger partial charge in [-0.1, -0.05) is 12.1 Å². The van der Waals surface area contributed by atoms with Gasteiger partial charge in [-0.3, -0.25) is 9.48 Å². The van der Waals surface area contributed by atoms with Gasteiger partial charge in [0.15, 0.2) is 0 Å². The summed E-state index contributed by atoms with van der Waals surface area (Å²) in [6.45, 7) is 3.44. The molecule has 0 aliphatic carbocycles. The Hall–Kier alpha value is -2.06. The third kappa shape index (κ3) is 5.23. The van der Waals surface area contributed by atoms with Crippen LogP contribution in [0.2, 0.25) is 0 Å². The smallest absolute Gasteiger partial charge is 0.344 e. The molecular weight excluding hydrogens is 381 g/mol. The molecule has 1 aliphatic heterocycles. The minimum Gasteiger partial charge on any atom is -0.344 e. The Labute approximate surface area is 161 Å². The molecular formula is C18H22ClF3N4O. The van der Waals surface area contributed by atoms with Gasteiger partial charge < -0.3 is 10.6 Å². The Kier molecular flexibility index (Phi) is 6.89. The molecule has 1 amide bonds. The predicted octanol–water partition coefficient (Wildman–Crippen LogP) is 3.74. The summed E-state index contributed by atoms with van der Waals surface area (Å²) in [5.41, 5.74) is -0.0799. The minimum atomic E-state index is -4.41. The summed E-state index contributed by atoms with van der Waals surface area (Å²) in [6.07, 6.45) is -0.594. The SMILES string of the molecule is CC(NC(=O)c1ccn(C2CCCNC2)n1)c1cccc(C(F)(F)F)c1.Cl. The number of piperidine rings is 1. The van der Waals surface area contributed by atoms with Crippen molar-refractivity contribution in [3.05, 3.63) is 53.3 Å². The first-order valence-corrected chi connectivity index (χ1v) is 8.58. The molecule has 3 rings (SSSR count). The van der Waals surface area contributed by atoms with Crippen LogP contribution in [0, 0.1) is 0 Å². The summed E-state index contributed by atoms with van der Waals surface area (Å²) >= 11 is 0. The number of carbonyl (C=O) groups is 1. The standard InChI is InChI=1S/C18H21F3N4O.ClH/c1-12(13-4-2-5-14(10-13)18(19,20)21)23-17(26)16-7-9-25(24-16)15-6-3-8-22-11-15;/h2,4-5,7,9-10,12,15,22H,3,6,8,11H2,1H3,(H,23,26);1H. The Bertz CT molecular complexity index is 772. The molecule has 1 aromatic heterocycles. The van der Waals surface area contributed by atoms with Crippen LogP contribution >= 0.6 is 12.4 Å². The molecule has 1 aliphatic rings. The molecule has 2 aromatic rings. The van der Waals surface area contributed by atoms with Crippen LogP contribution in [0.15, 0.2) is 36.5 Å². The molecule has 0 bridgehead atoms. The van der Waals surface area contributed by atoms with Crippen molar-refractivity contribution in [3.63, 3.8) is 0 Å². The van der Waals surface area contributed by atoms with Gasteiger partial charge in [0.05, 0.1) is 17.6 Å². The maximum atomic E-state index is 12.8. The Balaban J connectivity index is 0.00000261. The average molecular weight is 403 g/mol. The summed E-state index contributed by atoms with van der Waals surface area (Å²) in [5.74, 6) is -0.405. The molecule has 2 heterocycles. The molecule has 2 unspecified atom stereocenters. The topological polar surface area (TPSA) is 59.0 Å². The first kappa shape index (κ1) is 21.2. The molecule has 0 spiro atoms. The second kappa shape index (κ2) is 8.75. The molecule has 0 radical (unpaired) electrons. The molecule has 2 N–H and O–H groups in total. The van der Waals surface area contributed by atoms with E-state index in [9.17, 15) is 18.0 Å². The van der Waals surface area contributed by atoms with Gasteiger partial charge in [-0.25, -0.2) is 0 Å². The lowest BCUT2D eigenvalue weighted by molar-refractivity contribution is -0.137. The van der Waals surface area contributed by atoms with E-state index in [1.807, 2.05) is 0 Å². The Morgan fingerprint density at radius 2 is 2.15 bits per heavy atom. The van der Waals surface area contributed by atoms with Crippen LogP contribution in [0.4, 0.5) is 13.2 Å². The molecule has 0 saturated carbocycles. The number of hydrogen-bond donors (Lipinski definition) is 2. The highest BCUT2D eigenvalue weighted by Crippen LogP contribution is 2.30. The van der Waals surface area contributed by atoms with E-state index in [0.29, 0.717) is 5.56 Å². The number of nitrogens with one attached hydrogen (secondary N) is 2. The number of aromatic nitrogens is 2. The van der Waals surface area contributed by atoms with Crippen LogP contribution in [-0.4, -0.2) is 28.8 Å². The van der Waals surface area contributed by atoms with E-state index in [1.54, 1.807) is 29.9 Å². The molecule has 1 fully saturated rings. The normalized spacial score (nSPS) is 18.4. The summed E-state index contributed by atoms with van der Waals surface area (Å²) in [6, 6.07) is 6.24. The third-order valence-electron chi connectivity index (χ3n) is 4.55. The van der Waals surface area contributed by atoms with Crippen molar-refractivity contribution < 1.29 is 18.0 Å². The van der Waals surface area contributed by atoms with E-state index < -0.39 is 23.7 Å². The zero-order chi connectivity index (χ0) is 18.7. The monoisotopic (exact) mass is 402 g/mol. The number of alkyl halides is 3. The lowest BCUT2D eigenvalue weighted by atomic mass is 10.0. The van der Waals surface area contributed by atoms with Crippen LogP contribution in [-0.2, 0) is 6.18 Å². The highest BCUT2D eigenvalue weighted by atomic mass is 35.5. The zero-order valence-corrected chi connectivity index (χ0v) is 15.6. The van der Waals surface area contributed by atoms with Crippen LogP contribution < -0.4 is 10.6 Å². The van der Waals surface area contributed by atoms with Gasteiger partial charge >= 0.3 is 6.18 Å². The minimum absolute atomic E-state index is 0. The Morgan fingerprint density at radius 1 is 1.37 bits per heavy atom. The quantitative estimate of drug-likeness (QED) is 0.819. The van der Waals surface area contributed by atoms with Crippen molar-refractivity contribution in [2.24, 2.45) is 0 Å². The van der Waals surface area contributed by atoms with E-state index in [1.165, 1.54) is 6.07 Å². The first-order chi connectivity index (χ1) is 12.3. The van der Waals surface area contributed by atoms with Crippen molar-refractivity contribution in [1.82, 2.24) is 20.4 Å². The fourth-order valence-corrected chi connectivity index (χ4v) is 3.06. The highest BCUT2D eigenvalue weighted by molar-refractivity contribution is 5.92. The average Bonchev–Trinajstić information content (AvgIpc) is 3.12. The molecule has 1 aromatic carbocycles. The zero-order valence-electron chi connectivity index (χ0n) is 14.8. The van der Waals surface area contributed by atoms with Gasteiger partial charge in [0, 0.05) is 12.7 Å². The lowest BCUT2D eigenvalue weighted by Crippen LogP contribution is -2.32. The van der Waals surface area contributed by atoms with E-state index >= 15 is 0 Å². The number of carbonyl (C=O) groups excluding carboxylic acids is 1. The van der Waals surface area contributed by atoms with Gasteiger partial charge in [-0.05, 0) is 50.1 Å². The summed E-state index contributed by atoms with van der Waals surface area (Å²) < 4.78 is 40.3. The number of benzene rings is 1. The van der Waals surface area contributed by atoms with Gasteiger partial charge in [-0.2, -0.15) is 18.3 Å². The maximum absolute atomic E-state index is 12.8. The Morgan fingerprint density at radius 3 is 2.81 bits per heavy atom. The third-order valence-corrected chi connectivity index (χ3v) is 4.55. The van der Waals surface area contributed by atoms with Crippen molar-refractivity contribution in [1.29, 1.82) is 0 Å².